The van der Waals surface area contributed by atoms with E-state index in [9.17, 15) is 4.79 Å². The first kappa shape index (κ1) is 16.8. The molecule has 1 aliphatic heterocycles. The molecule has 1 amide bonds. The van der Waals surface area contributed by atoms with Crippen LogP contribution in [0.4, 0.5) is 0 Å². The average Bonchev–Trinajstić information content (AvgIpc) is 3.18. The third-order valence-electron chi connectivity index (χ3n) is 5.63. The second-order valence-corrected chi connectivity index (χ2v) is 7.41. The minimum absolute atomic E-state index is 0.0835. The van der Waals surface area contributed by atoms with E-state index in [1.807, 2.05) is 65.4 Å². The molecule has 0 spiro atoms. The van der Waals surface area contributed by atoms with Crippen LogP contribution in [0, 0.1) is 0 Å². The third kappa shape index (κ3) is 2.78. The molecule has 0 bridgehead atoms. The highest BCUT2D eigenvalue weighted by atomic mass is 16.2. The van der Waals surface area contributed by atoms with Crippen molar-refractivity contribution < 1.29 is 4.79 Å². The standard InChI is InChI=1S/C24H21N3O/c1-26-14-19(13-25-26)23-16-27(15-18-8-3-5-11-21(18)23)24(28)22-12-6-9-17-7-2-4-10-20(17)22/h2-14,23H,15-16H2,1H3. The van der Waals surface area contributed by atoms with E-state index in [2.05, 4.69) is 35.4 Å². The Balaban J connectivity index is 1.56. The predicted octanol–water partition coefficient (Wildman–Crippen LogP) is 4.36. The Morgan fingerprint density at radius 1 is 1.00 bits per heavy atom. The first-order valence-electron chi connectivity index (χ1n) is 9.54. The molecule has 0 saturated heterocycles. The molecule has 1 aromatic heterocycles. The van der Waals surface area contributed by atoms with Crippen molar-refractivity contribution in [3.05, 3.63) is 101 Å². The highest BCUT2D eigenvalue weighted by Gasteiger charge is 2.30. The molecule has 4 heteroatoms. The number of aryl methyl sites for hydroxylation is 1. The summed E-state index contributed by atoms with van der Waals surface area (Å²) in [7, 11) is 1.93. The molecule has 1 unspecified atom stereocenters. The van der Waals surface area contributed by atoms with Gasteiger partial charge in [-0.25, -0.2) is 0 Å². The summed E-state index contributed by atoms with van der Waals surface area (Å²) >= 11 is 0. The molecule has 0 aliphatic carbocycles. The van der Waals surface area contributed by atoms with Crippen molar-refractivity contribution in [1.29, 1.82) is 0 Å². The summed E-state index contributed by atoms with van der Waals surface area (Å²) in [5.74, 6) is 0.220. The summed E-state index contributed by atoms with van der Waals surface area (Å²) in [6, 6.07) is 22.4. The molecule has 5 rings (SSSR count). The van der Waals surface area contributed by atoms with Gasteiger partial charge in [0.1, 0.15) is 0 Å². The SMILES string of the molecule is Cn1cc(C2CN(C(=O)c3cccc4ccccc34)Cc3ccccc32)cn1. The van der Waals surface area contributed by atoms with Crippen molar-refractivity contribution in [2.45, 2.75) is 12.5 Å². The van der Waals surface area contributed by atoms with Crippen molar-refractivity contribution in [2.24, 2.45) is 7.05 Å². The number of hydrogen-bond acceptors (Lipinski definition) is 2. The summed E-state index contributed by atoms with van der Waals surface area (Å²) in [5.41, 5.74) is 4.40. The maximum absolute atomic E-state index is 13.5. The van der Waals surface area contributed by atoms with Crippen LogP contribution in [0.15, 0.2) is 79.1 Å². The third-order valence-corrected chi connectivity index (χ3v) is 5.63. The number of benzene rings is 3. The van der Waals surface area contributed by atoms with E-state index in [1.54, 1.807) is 0 Å². The summed E-state index contributed by atoms with van der Waals surface area (Å²) < 4.78 is 1.82. The minimum atomic E-state index is 0.0835. The molecule has 1 atom stereocenters. The quantitative estimate of drug-likeness (QED) is 0.528. The molecule has 138 valence electrons. The van der Waals surface area contributed by atoms with E-state index in [0.717, 1.165) is 21.9 Å². The van der Waals surface area contributed by atoms with Gasteiger partial charge >= 0.3 is 0 Å². The Morgan fingerprint density at radius 3 is 2.64 bits per heavy atom. The van der Waals surface area contributed by atoms with Crippen molar-refractivity contribution in [2.75, 3.05) is 6.54 Å². The number of rotatable bonds is 2. The number of carbonyl (C=O) groups is 1. The second-order valence-electron chi connectivity index (χ2n) is 7.41. The van der Waals surface area contributed by atoms with Crippen molar-refractivity contribution in [3.8, 4) is 0 Å². The molecular formula is C24H21N3O. The fraction of sp³-hybridized carbons (Fsp3) is 0.167. The van der Waals surface area contributed by atoms with Gasteiger partial charge in [0, 0.05) is 37.8 Å². The summed E-state index contributed by atoms with van der Waals surface area (Å²) in [6.45, 7) is 1.29. The lowest BCUT2D eigenvalue weighted by Crippen LogP contribution is -2.38. The molecule has 1 aliphatic rings. The lowest BCUT2D eigenvalue weighted by Gasteiger charge is -2.34. The lowest BCUT2D eigenvalue weighted by atomic mass is 9.85. The molecule has 0 radical (unpaired) electrons. The normalized spacial score (nSPS) is 16.2. The maximum Gasteiger partial charge on any atom is 0.254 e. The molecule has 4 nitrogen and oxygen atoms in total. The number of aromatic nitrogens is 2. The highest BCUT2D eigenvalue weighted by molar-refractivity contribution is 6.07. The second kappa shape index (κ2) is 6.64. The van der Waals surface area contributed by atoms with Crippen molar-refractivity contribution in [3.63, 3.8) is 0 Å². The van der Waals surface area contributed by atoms with Gasteiger partial charge in [0.05, 0.1) is 6.20 Å². The highest BCUT2D eigenvalue weighted by Crippen LogP contribution is 2.34. The summed E-state index contributed by atoms with van der Waals surface area (Å²) in [5, 5.41) is 6.45. The van der Waals surface area contributed by atoms with Crippen LogP contribution in [0.25, 0.3) is 10.8 Å². The average molecular weight is 367 g/mol. The Hall–Kier alpha value is -3.40. The number of amides is 1. The van der Waals surface area contributed by atoms with Gasteiger partial charge in [-0.1, -0.05) is 60.7 Å². The molecule has 0 saturated carbocycles. The van der Waals surface area contributed by atoms with Crippen LogP contribution in [0.2, 0.25) is 0 Å². The van der Waals surface area contributed by atoms with Crippen LogP contribution < -0.4 is 0 Å². The fourth-order valence-electron chi connectivity index (χ4n) is 4.25. The predicted molar refractivity (Wildman–Crippen MR) is 110 cm³/mol. The first-order chi connectivity index (χ1) is 13.7. The maximum atomic E-state index is 13.5. The molecule has 3 aromatic carbocycles. The van der Waals surface area contributed by atoms with Gasteiger partial charge < -0.3 is 4.90 Å². The van der Waals surface area contributed by atoms with E-state index in [-0.39, 0.29) is 11.8 Å². The van der Waals surface area contributed by atoms with Crippen LogP contribution in [-0.2, 0) is 13.6 Å². The Kier molecular flexibility index (Phi) is 3.97. The van der Waals surface area contributed by atoms with Crippen molar-refractivity contribution >= 4 is 16.7 Å². The van der Waals surface area contributed by atoms with E-state index in [4.69, 9.17) is 0 Å². The number of carbonyl (C=O) groups excluding carboxylic acids is 1. The van der Waals surface area contributed by atoms with Gasteiger partial charge in [0.25, 0.3) is 5.91 Å². The molecule has 0 fully saturated rings. The Labute approximate surface area is 164 Å². The van der Waals surface area contributed by atoms with Crippen LogP contribution >= 0.6 is 0 Å². The van der Waals surface area contributed by atoms with Gasteiger partial charge in [-0.2, -0.15) is 5.10 Å². The largest absolute Gasteiger partial charge is 0.333 e. The molecule has 28 heavy (non-hydrogen) atoms. The zero-order chi connectivity index (χ0) is 19.1. The first-order valence-corrected chi connectivity index (χ1v) is 9.54. The topological polar surface area (TPSA) is 38.1 Å². The fourth-order valence-corrected chi connectivity index (χ4v) is 4.25. The summed E-state index contributed by atoms with van der Waals surface area (Å²) in [6.07, 6.45) is 3.96. The zero-order valence-electron chi connectivity index (χ0n) is 15.7. The lowest BCUT2D eigenvalue weighted by molar-refractivity contribution is 0.0727. The summed E-state index contributed by atoms with van der Waals surface area (Å²) in [4.78, 5) is 15.5. The van der Waals surface area contributed by atoms with E-state index in [1.165, 1.54) is 11.1 Å². The minimum Gasteiger partial charge on any atom is -0.333 e. The smallest absolute Gasteiger partial charge is 0.254 e. The number of hydrogen-bond donors (Lipinski definition) is 0. The van der Waals surface area contributed by atoms with Gasteiger partial charge in [-0.05, 0) is 33.5 Å². The monoisotopic (exact) mass is 367 g/mol. The van der Waals surface area contributed by atoms with Crippen LogP contribution in [-0.4, -0.2) is 27.1 Å². The van der Waals surface area contributed by atoms with Crippen LogP contribution in [0.5, 0.6) is 0 Å². The van der Waals surface area contributed by atoms with Crippen LogP contribution in [0.3, 0.4) is 0 Å². The van der Waals surface area contributed by atoms with Gasteiger partial charge in [-0.15, -0.1) is 0 Å². The van der Waals surface area contributed by atoms with Gasteiger partial charge in [0.2, 0.25) is 0 Å². The van der Waals surface area contributed by atoms with Crippen molar-refractivity contribution in [1.82, 2.24) is 14.7 Å². The van der Waals surface area contributed by atoms with E-state index < -0.39 is 0 Å². The van der Waals surface area contributed by atoms with E-state index >= 15 is 0 Å². The number of fused-ring (bicyclic) bond motifs is 2. The molecule has 0 N–H and O–H groups in total. The molecular weight excluding hydrogens is 346 g/mol. The molecule has 4 aromatic rings. The number of nitrogens with zero attached hydrogens (tertiary/aromatic N) is 3. The Bertz CT molecular complexity index is 1170. The zero-order valence-corrected chi connectivity index (χ0v) is 15.7. The Morgan fingerprint density at radius 2 is 1.79 bits per heavy atom. The van der Waals surface area contributed by atoms with E-state index in [0.29, 0.717) is 13.1 Å². The van der Waals surface area contributed by atoms with Gasteiger partial charge in [-0.3, -0.25) is 9.48 Å². The van der Waals surface area contributed by atoms with Gasteiger partial charge in [0.15, 0.2) is 0 Å². The molecule has 2 heterocycles. The van der Waals surface area contributed by atoms with Crippen LogP contribution in [0.1, 0.15) is 33.0 Å².